The molecule has 2 N–H and O–H groups in total. The average molecular weight is 314 g/mol. The van der Waals surface area contributed by atoms with Crippen LogP contribution in [-0.2, 0) is 23.1 Å². The molecule has 0 aliphatic carbocycles. The van der Waals surface area contributed by atoms with Crippen LogP contribution in [0.25, 0.3) is 0 Å². The molecule has 7 heteroatoms. The third-order valence-corrected chi connectivity index (χ3v) is 5.63. The number of nitrogens with two attached hydrogens (primary N) is 1. The number of furan rings is 1. The Balaban J connectivity index is 2.32. The molecule has 0 amide bonds. The highest BCUT2D eigenvalue weighted by atomic mass is 32.2. The molecule has 0 fully saturated rings. The summed E-state index contributed by atoms with van der Waals surface area (Å²) < 4.78 is 32.0. The Hall–Kier alpha value is -1.15. The second-order valence-corrected chi connectivity index (χ2v) is 7.50. The molecule has 2 rings (SSSR count). The van der Waals surface area contributed by atoms with Crippen molar-refractivity contribution in [2.24, 2.45) is 5.73 Å². The van der Waals surface area contributed by atoms with Crippen molar-refractivity contribution in [3.8, 4) is 0 Å². The van der Waals surface area contributed by atoms with Gasteiger partial charge in [-0.3, -0.25) is 0 Å². The predicted octanol–water partition coefficient (Wildman–Crippen LogP) is 2.40. The minimum Gasteiger partial charge on any atom is -0.447 e. The standard InChI is InChI=1S/C13H18N2O3S2/c1-10(2)15(9-12-4-3-7-19-12)20(16,17)13-6-5-11(8-14)18-13/h3-7,10H,8-9,14H2,1-2H3. The molecule has 2 heterocycles. The summed E-state index contributed by atoms with van der Waals surface area (Å²) in [5, 5.41) is 1.88. The molecular weight excluding hydrogens is 296 g/mol. The lowest BCUT2D eigenvalue weighted by atomic mass is 10.4. The zero-order valence-corrected chi connectivity index (χ0v) is 13.1. The van der Waals surface area contributed by atoms with E-state index in [9.17, 15) is 8.42 Å². The van der Waals surface area contributed by atoms with E-state index in [-0.39, 0.29) is 17.7 Å². The molecule has 0 aromatic carbocycles. The number of hydrogen-bond acceptors (Lipinski definition) is 5. The average Bonchev–Trinajstić information content (AvgIpc) is 3.06. The van der Waals surface area contributed by atoms with E-state index in [4.69, 9.17) is 10.2 Å². The first-order valence-electron chi connectivity index (χ1n) is 6.28. The number of hydrogen-bond donors (Lipinski definition) is 1. The first kappa shape index (κ1) is 15.2. The van der Waals surface area contributed by atoms with Crippen molar-refractivity contribution >= 4 is 21.4 Å². The molecule has 0 atom stereocenters. The number of rotatable bonds is 6. The van der Waals surface area contributed by atoms with Gasteiger partial charge in [0.25, 0.3) is 10.0 Å². The maximum Gasteiger partial charge on any atom is 0.277 e. The van der Waals surface area contributed by atoms with Crippen molar-refractivity contribution < 1.29 is 12.8 Å². The van der Waals surface area contributed by atoms with Crippen molar-refractivity contribution in [3.63, 3.8) is 0 Å². The van der Waals surface area contributed by atoms with Gasteiger partial charge in [-0.05, 0) is 37.4 Å². The number of thiophene rings is 1. The summed E-state index contributed by atoms with van der Waals surface area (Å²) in [6.07, 6.45) is 0. The molecule has 0 aliphatic rings. The SMILES string of the molecule is CC(C)N(Cc1cccs1)S(=O)(=O)c1ccc(CN)o1. The lowest BCUT2D eigenvalue weighted by Crippen LogP contribution is -2.36. The fraction of sp³-hybridized carbons (Fsp3) is 0.385. The minimum absolute atomic E-state index is 0.0526. The third kappa shape index (κ3) is 3.12. The lowest BCUT2D eigenvalue weighted by Gasteiger charge is -2.24. The molecule has 0 spiro atoms. The number of sulfonamides is 1. The molecule has 0 saturated carbocycles. The Morgan fingerprint density at radius 3 is 2.60 bits per heavy atom. The quantitative estimate of drug-likeness (QED) is 0.888. The van der Waals surface area contributed by atoms with Crippen molar-refractivity contribution in [1.29, 1.82) is 0 Å². The fourth-order valence-electron chi connectivity index (χ4n) is 1.82. The van der Waals surface area contributed by atoms with Crippen LogP contribution in [0, 0.1) is 0 Å². The van der Waals surface area contributed by atoms with E-state index in [0.717, 1.165) is 4.88 Å². The molecule has 0 bridgehead atoms. The van der Waals surface area contributed by atoms with Crippen LogP contribution in [0.3, 0.4) is 0 Å². The zero-order valence-electron chi connectivity index (χ0n) is 11.4. The Bertz CT molecular complexity index is 645. The maximum atomic E-state index is 12.6. The monoisotopic (exact) mass is 314 g/mol. The fourth-order valence-corrected chi connectivity index (χ4v) is 4.16. The van der Waals surface area contributed by atoms with Crippen LogP contribution < -0.4 is 5.73 Å². The van der Waals surface area contributed by atoms with Crippen LogP contribution in [0.15, 0.2) is 39.2 Å². The molecular formula is C13H18N2O3S2. The summed E-state index contributed by atoms with van der Waals surface area (Å²) in [5.74, 6) is 0.461. The summed E-state index contributed by atoms with van der Waals surface area (Å²) >= 11 is 1.53. The highest BCUT2D eigenvalue weighted by Crippen LogP contribution is 2.24. The second-order valence-electron chi connectivity index (χ2n) is 4.65. The van der Waals surface area contributed by atoms with Crippen LogP contribution in [-0.4, -0.2) is 18.8 Å². The molecule has 110 valence electrons. The maximum absolute atomic E-state index is 12.6. The van der Waals surface area contributed by atoms with E-state index >= 15 is 0 Å². The second kappa shape index (κ2) is 6.09. The number of nitrogens with zero attached hydrogens (tertiary/aromatic N) is 1. The van der Waals surface area contributed by atoms with Crippen LogP contribution in [0.4, 0.5) is 0 Å². The van der Waals surface area contributed by atoms with Gasteiger partial charge in [-0.1, -0.05) is 6.07 Å². The molecule has 2 aromatic heterocycles. The van der Waals surface area contributed by atoms with E-state index in [1.807, 2.05) is 31.4 Å². The van der Waals surface area contributed by atoms with Gasteiger partial charge in [-0.25, -0.2) is 8.42 Å². The zero-order chi connectivity index (χ0) is 14.8. The van der Waals surface area contributed by atoms with E-state index in [0.29, 0.717) is 12.3 Å². The smallest absolute Gasteiger partial charge is 0.277 e. The Kier molecular flexibility index (Phi) is 4.64. The van der Waals surface area contributed by atoms with Crippen LogP contribution >= 0.6 is 11.3 Å². The highest BCUT2D eigenvalue weighted by molar-refractivity contribution is 7.89. The summed E-state index contributed by atoms with van der Waals surface area (Å²) in [6, 6.07) is 6.72. The van der Waals surface area contributed by atoms with Crippen LogP contribution in [0.1, 0.15) is 24.5 Å². The van der Waals surface area contributed by atoms with Gasteiger partial charge in [0.2, 0.25) is 5.09 Å². The Morgan fingerprint density at radius 1 is 1.35 bits per heavy atom. The normalized spacial score (nSPS) is 12.4. The minimum atomic E-state index is -3.65. The third-order valence-electron chi connectivity index (χ3n) is 2.87. The molecule has 0 saturated heterocycles. The van der Waals surface area contributed by atoms with Gasteiger partial charge in [0.15, 0.2) is 0 Å². The summed E-state index contributed by atoms with van der Waals surface area (Å²) in [4.78, 5) is 0.993. The lowest BCUT2D eigenvalue weighted by molar-refractivity contribution is 0.328. The predicted molar refractivity (Wildman–Crippen MR) is 78.8 cm³/mol. The van der Waals surface area contributed by atoms with E-state index in [1.165, 1.54) is 21.7 Å². The van der Waals surface area contributed by atoms with Gasteiger partial charge in [0.1, 0.15) is 5.76 Å². The molecule has 0 unspecified atom stereocenters. The van der Waals surface area contributed by atoms with Crippen molar-refractivity contribution in [2.45, 2.75) is 38.1 Å². The van der Waals surface area contributed by atoms with Gasteiger partial charge in [0, 0.05) is 17.5 Å². The Morgan fingerprint density at radius 2 is 2.10 bits per heavy atom. The van der Waals surface area contributed by atoms with Gasteiger partial charge in [-0.15, -0.1) is 11.3 Å². The van der Waals surface area contributed by atoms with Gasteiger partial charge in [-0.2, -0.15) is 4.31 Å². The van der Waals surface area contributed by atoms with Crippen LogP contribution in [0.5, 0.6) is 0 Å². The molecule has 2 aromatic rings. The van der Waals surface area contributed by atoms with Crippen molar-refractivity contribution in [2.75, 3.05) is 0 Å². The first-order chi connectivity index (χ1) is 9.45. The van der Waals surface area contributed by atoms with E-state index in [1.54, 1.807) is 6.07 Å². The van der Waals surface area contributed by atoms with Gasteiger partial charge in [0.05, 0.1) is 6.54 Å². The topological polar surface area (TPSA) is 76.5 Å². The molecule has 0 aliphatic heterocycles. The largest absolute Gasteiger partial charge is 0.447 e. The van der Waals surface area contributed by atoms with Crippen molar-refractivity contribution in [3.05, 3.63) is 40.3 Å². The molecule has 0 radical (unpaired) electrons. The van der Waals surface area contributed by atoms with Gasteiger partial charge >= 0.3 is 0 Å². The summed E-state index contributed by atoms with van der Waals surface area (Å²) in [5.41, 5.74) is 5.45. The van der Waals surface area contributed by atoms with E-state index in [2.05, 4.69) is 0 Å². The molecule has 20 heavy (non-hydrogen) atoms. The van der Waals surface area contributed by atoms with Gasteiger partial charge < -0.3 is 10.2 Å². The van der Waals surface area contributed by atoms with Crippen LogP contribution in [0.2, 0.25) is 0 Å². The molecule has 5 nitrogen and oxygen atoms in total. The first-order valence-corrected chi connectivity index (χ1v) is 8.60. The highest BCUT2D eigenvalue weighted by Gasteiger charge is 2.30. The van der Waals surface area contributed by atoms with Crippen molar-refractivity contribution in [1.82, 2.24) is 4.31 Å². The Labute approximate surface area is 123 Å². The summed E-state index contributed by atoms with van der Waals surface area (Å²) in [6.45, 7) is 4.22. The van der Waals surface area contributed by atoms with E-state index < -0.39 is 10.0 Å². The summed E-state index contributed by atoms with van der Waals surface area (Å²) in [7, 11) is -3.65.